The first kappa shape index (κ1) is 31.8. The van der Waals surface area contributed by atoms with Gasteiger partial charge in [0.15, 0.2) is 0 Å². The van der Waals surface area contributed by atoms with Gasteiger partial charge in [-0.2, -0.15) is 0 Å². The number of ether oxygens (including phenoxy) is 1. The minimum Gasteiger partial charge on any atom is -0.458 e. The van der Waals surface area contributed by atoms with E-state index in [1.54, 1.807) is 10.8 Å². The highest BCUT2D eigenvalue weighted by atomic mass is 28.3. The fourth-order valence-electron chi connectivity index (χ4n) is 10.8. The number of hydrogen-bond acceptors (Lipinski definition) is 1. The number of hydrogen-bond donors (Lipinski definition) is 0. The molecule has 2 aliphatic heterocycles. The summed E-state index contributed by atoms with van der Waals surface area (Å²) in [6, 6.07) is 37.8. The van der Waals surface area contributed by atoms with Crippen molar-refractivity contribution in [1.29, 1.82) is 0 Å². The summed E-state index contributed by atoms with van der Waals surface area (Å²) in [4.78, 5) is 0. The van der Waals surface area contributed by atoms with Gasteiger partial charge in [0.05, 0.1) is 11.0 Å². The maximum Gasteiger partial charge on any atom is 0.250 e. The van der Waals surface area contributed by atoms with Crippen molar-refractivity contribution in [3.8, 4) is 22.9 Å². The van der Waals surface area contributed by atoms with Crippen LogP contribution in [0.25, 0.3) is 33.2 Å². The van der Waals surface area contributed by atoms with Crippen molar-refractivity contribution in [3.63, 3.8) is 0 Å². The molecule has 0 saturated carbocycles. The van der Waals surface area contributed by atoms with Crippen LogP contribution in [-0.2, 0) is 31.1 Å². The molecule has 0 spiro atoms. The van der Waals surface area contributed by atoms with E-state index >= 15 is 0 Å². The van der Waals surface area contributed by atoms with Gasteiger partial charge in [0.2, 0.25) is 0 Å². The Morgan fingerprint density at radius 3 is 1.81 bits per heavy atom. The highest BCUT2D eigenvalue weighted by Crippen LogP contribution is 2.38. The topological polar surface area (TPSA) is 19.1 Å². The van der Waals surface area contributed by atoms with Crippen molar-refractivity contribution in [2.45, 2.75) is 90.6 Å². The molecular formula is C48H47BN2OSi. The summed E-state index contributed by atoms with van der Waals surface area (Å²) < 4.78 is 12.4. The molecule has 4 heterocycles. The number of nitrogens with zero attached hydrogens (tertiary/aromatic N) is 2. The molecule has 4 aliphatic rings. The molecule has 7 aromatic rings. The Hall–Kier alpha value is -4.74. The highest BCUT2D eigenvalue weighted by Gasteiger charge is 2.47. The van der Waals surface area contributed by atoms with Gasteiger partial charge < -0.3 is 13.9 Å². The summed E-state index contributed by atoms with van der Waals surface area (Å²) in [5.74, 6) is 2.06. The van der Waals surface area contributed by atoms with Crippen molar-refractivity contribution in [1.82, 2.24) is 9.13 Å². The number of para-hydroxylation sites is 2. The van der Waals surface area contributed by atoms with E-state index < -0.39 is 8.07 Å². The van der Waals surface area contributed by atoms with E-state index in [1.165, 1.54) is 109 Å². The molecule has 0 N–H and O–H groups in total. The third kappa shape index (κ3) is 4.46. The summed E-state index contributed by atoms with van der Waals surface area (Å²) in [5, 5.41) is 5.93. The first-order valence-corrected chi connectivity index (χ1v) is 23.1. The van der Waals surface area contributed by atoms with Gasteiger partial charge in [-0.15, -0.1) is 0 Å². The smallest absolute Gasteiger partial charge is 0.250 e. The van der Waals surface area contributed by atoms with Crippen LogP contribution in [0, 0.1) is 0 Å². The molecule has 53 heavy (non-hydrogen) atoms. The summed E-state index contributed by atoms with van der Waals surface area (Å²) in [6.07, 6.45) is 9.67. The number of aromatic nitrogens is 2. The third-order valence-electron chi connectivity index (χ3n) is 13.4. The second kappa shape index (κ2) is 11.1. The van der Waals surface area contributed by atoms with E-state index in [0.717, 1.165) is 30.8 Å². The lowest BCUT2D eigenvalue weighted by Gasteiger charge is -2.42. The van der Waals surface area contributed by atoms with Crippen LogP contribution in [0.4, 0.5) is 0 Å². The van der Waals surface area contributed by atoms with Crippen molar-refractivity contribution < 1.29 is 4.74 Å². The summed E-state index contributed by atoms with van der Waals surface area (Å²) >= 11 is 0. The van der Waals surface area contributed by atoms with E-state index in [2.05, 4.69) is 140 Å². The molecule has 0 atom stereocenters. The first-order chi connectivity index (χ1) is 25.7. The summed E-state index contributed by atoms with van der Waals surface area (Å²) in [6.45, 7) is 12.3. The Morgan fingerprint density at radius 1 is 0.585 bits per heavy atom. The van der Waals surface area contributed by atoms with Gasteiger partial charge in [-0.1, -0.05) is 104 Å². The van der Waals surface area contributed by atoms with Gasteiger partial charge in [0, 0.05) is 39.6 Å². The molecule has 5 heteroatoms. The van der Waals surface area contributed by atoms with Crippen LogP contribution in [0.2, 0.25) is 13.1 Å². The van der Waals surface area contributed by atoms with Crippen LogP contribution in [0.3, 0.4) is 0 Å². The molecule has 0 saturated heterocycles. The van der Waals surface area contributed by atoms with Gasteiger partial charge >= 0.3 is 0 Å². The van der Waals surface area contributed by atoms with Gasteiger partial charge in [0.1, 0.15) is 19.6 Å². The zero-order chi connectivity index (χ0) is 35.8. The second-order valence-corrected chi connectivity index (χ2v) is 22.1. The Balaban J connectivity index is 1.16. The maximum absolute atomic E-state index is 7.20. The van der Waals surface area contributed by atoms with Gasteiger partial charge in [0.25, 0.3) is 6.71 Å². The zero-order valence-electron chi connectivity index (χ0n) is 31.8. The first-order valence-electron chi connectivity index (χ1n) is 20.1. The molecule has 0 bridgehead atoms. The SMILES string of the molecule is CC(C)(C)c1cc2c3c(c1)[Si](C)(C)c1ccc(-n4c5c(c6ccccc64)CCCC5)cc1B3c1ccc(-n3c4c(c5ccccc53)CCCC4)cc1O2. The van der Waals surface area contributed by atoms with E-state index in [1.807, 2.05) is 0 Å². The quantitative estimate of drug-likeness (QED) is 0.165. The average Bonchev–Trinajstić information content (AvgIpc) is 3.68. The maximum atomic E-state index is 7.20. The summed E-state index contributed by atoms with van der Waals surface area (Å²) in [5.41, 5.74) is 16.8. The van der Waals surface area contributed by atoms with Crippen LogP contribution in [0.5, 0.6) is 11.5 Å². The van der Waals surface area contributed by atoms with Crippen LogP contribution in [0.15, 0.2) is 97.1 Å². The largest absolute Gasteiger partial charge is 0.458 e. The number of aryl methyl sites for hydroxylation is 2. The molecule has 0 unspecified atom stereocenters. The van der Waals surface area contributed by atoms with E-state index in [9.17, 15) is 0 Å². The highest BCUT2D eigenvalue weighted by molar-refractivity contribution is 7.14. The average molecular weight is 707 g/mol. The van der Waals surface area contributed by atoms with Crippen molar-refractivity contribution in [3.05, 3.63) is 125 Å². The Bertz CT molecular complexity index is 2690. The van der Waals surface area contributed by atoms with Crippen LogP contribution < -0.4 is 31.5 Å². The number of rotatable bonds is 2. The minimum atomic E-state index is -2.10. The number of benzene rings is 5. The molecule has 5 aromatic carbocycles. The number of fused-ring (bicyclic) bond motifs is 10. The molecule has 0 fully saturated rings. The van der Waals surface area contributed by atoms with Crippen molar-refractivity contribution in [2.75, 3.05) is 0 Å². The van der Waals surface area contributed by atoms with Gasteiger partial charge in [-0.3, -0.25) is 0 Å². The van der Waals surface area contributed by atoms with Crippen molar-refractivity contribution in [2.24, 2.45) is 0 Å². The molecule has 11 rings (SSSR count). The fourth-order valence-corrected chi connectivity index (χ4v) is 14.0. The molecular weight excluding hydrogens is 659 g/mol. The van der Waals surface area contributed by atoms with Gasteiger partial charge in [-0.05, 0) is 121 Å². The zero-order valence-corrected chi connectivity index (χ0v) is 32.8. The molecule has 2 aromatic heterocycles. The van der Waals surface area contributed by atoms with E-state index in [0.29, 0.717) is 0 Å². The molecule has 0 amide bonds. The van der Waals surface area contributed by atoms with Crippen LogP contribution >= 0.6 is 0 Å². The lowest BCUT2D eigenvalue weighted by molar-refractivity contribution is 0.483. The molecule has 0 radical (unpaired) electrons. The van der Waals surface area contributed by atoms with E-state index in [-0.39, 0.29) is 12.1 Å². The normalized spacial score (nSPS) is 16.8. The summed E-state index contributed by atoms with van der Waals surface area (Å²) in [7, 11) is -2.10. The third-order valence-corrected chi connectivity index (χ3v) is 17.0. The Labute approximate surface area is 314 Å². The monoisotopic (exact) mass is 706 g/mol. The molecule has 3 nitrogen and oxygen atoms in total. The predicted octanol–water partition coefficient (Wildman–Crippen LogP) is 8.39. The van der Waals surface area contributed by atoms with Crippen LogP contribution in [-0.4, -0.2) is 23.9 Å². The lowest BCUT2D eigenvalue weighted by atomic mass is 9.35. The Kier molecular flexibility index (Phi) is 6.68. The van der Waals surface area contributed by atoms with E-state index in [4.69, 9.17) is 4.74 Å². The minimum absolute atomic E-state index is 0.0127. The standard InChI is InChI=1S/C48H47BN2OSi/c1-48(2,3)30-26-44-47-46(27-30)53(4,5)45-25-23-31(50-39-18-10-6-14-33(39)34-15-7-11-19-40(34)50)28-38(45)49(47)37-24-22-32(29-43(37)52-44)51-41-20-12-8-16-35(41)36-17-9-13-21-42(36)51/h6,8,10,12,14,16,18,20,22-29H,7,9,11,13,15,17,19,21H2,1-5H3. The fraction of sp³-hybridized carbons (Fsp3) is 0.292. The van der Waals surface area contributed by atoms with Crippen LogP contribution in [0.1, 0.15) is 74.5 Å². The lowest BCUT2D eigenvalue weighted by Crippen LogP contribution is -2.77. The molecule has 2 aliphatic carbocycles. The predicted molar refractivity (Wildman–Crippen MR) is 226 cm³/mol. The Morgan fingerprint density at radius 2 is 1.17 bits per heavy atom. The molecule has 262 valence electrons. The van der Waals surface area contributed by atoms with Gasteiger partial charge in [-0.25, -0.2) is 0 Å². The van der Waals surface area contributed by atoms with Crippen molar-refractivity contribution >= 4 is 63.4 Å². The second-order valence-electron chi connectivity index (χ2n) is 17.8.